The number of hydrogen-bond donors (Lipinski definition) is 3. The van der Waals surface area contributed by atoms with Crippen LogP contribution in [-0.2, 0) is 14.2 Å². The van der Waals surface area contributed by atoms with E-state index in [4.69, 9.17) is 14.2 Å². The van der Waals surface area contributed by atoms with Gasteiger partial charge in [0, 0.05) is 6.61 Å². The van der Waals surface area contributed by atoms with E-state index in [0.29, 0.717) is 19.1 Å². The summed E-state index contributed by atoms with van der Waals surface area (Å²) < 4.78 is 15.9. The van der Waals surface area contributed by atoms with Crippen LogP contribution in [0.15, 0.2) is 0 Å². The smallest absolute Gasteiger partial charge is 0.186 e. The van der Waals surface area contributed by atoms with Crippen molar-refractivity contribution in [3.63, 3.8) is 0 Å². The summed E-state index contributed by atoms with van der Waals surface area (Å²) in [5.74, 6) is 0.457. The molecule has 0 aromatic rings. The van der Waals surface area contributed by atoms with Crippen LogP contribution in [0.25, 0.3) is 0 Å². The van der Waals surface area contributed by atoms with Gasteiger partial charge in [-0.05, 0) is 12.8 Å². The normalized spacial score (nSPS) is 37.2. The molecule has 108 valence electrons. The van der Waals surface area contributed by atoms with Gasteiger partial charge in [0.05, 0.1) is 19.3 Å². The first-order valence-electron chi connectivity index (χ1n) is 6.32. The minimum absolute atomic E-state index is 0.268. The second-order valence-electron chi connectivity index (χ2n) is 5.02. The molecule has 1 aliphatic heterocycles. The Morgan fingerprint density at radius 2 is 1.72 bits per heavy atom. The average Bonchev–Trinajstić information content (AvgIpc) is 2.32. The van der Waals surface area contributed by atoms with Gasteiger partial charge in [0.1, 0.15) is 18.3 Å². The monoisotopic (exact) mass is 264 g/mol. The van der Waals surface area contributed by atoms with Crippen LogP contribution in [0.1, 0.15) is 20.8 Å². The lowest BCUT2D eigenvalue weighted by Crippen LogP contribution is -2.57. The second kappa shape index (κ2) is 7.37. The summed E-state index contributed by atoms with van der Waals surface area (Å²) in [6.45, 7) is 7.03. The fourth-order valence-corrected chi connectivity index (χ4v) is 1.69. The van der Waals surface area contributed by atoms with Crippen molar-refractivity contribution in [1.29, 1.82) is 0 Å². The molecule has 1 rings (SSSR count). The van der Waals surface area contributed by atoms with Gasteiger partial charge in [0.25, 0.3) is 0 Å². The molecule has 1 heterocycles. The van der Waals surface area contributed by atoms with E-state index in [2.05, 4.69) is 0 Å². The molecular weight excluding hydrogens is 240 g/mol. The highest BCUT2D eigenvalue weighted by atomic mass is 16.7. The quantitative estimate of drug-likeness (QED) is 0.561. The number of ether oxygens (including phenoxy) is 3. The van der Waals surface area contributed by atoms with Crippen LogP contribution in [0.3, 0.4) is 0 Å². The molecule has 3 N–H and O–H groups in total. The summed E-state index contributed by atoms with van der Waals surface area (Å²) in [4.78, 5) is 0. The highest BCUT2D eigenvalue weighted by Crippen LogP contribution is 2.21. The molecule has 1 aliphatic rings. The number of aliphatic hydroxyl groups excluding tert-OH is 3. The molecule has 1 fully saturated rings. The Bertz CT molecular complexity index is 235. The molecule has 0 aromatic heterocycles. The number of rotatable bonds is 6. The molecule has 0 amide bonds. The summed E-state index contributed by atoms with van der Waals surface area (Å²) >= 11 is 0. The van der Waals surface area contributed by atoms with E-state index in [-0.39, 0.29) is 6.61 Å². The lowest BCUT2D eigenvalue weighted by atomic mass is 10.0. The third-order valence-corrected chi connectivity index (χ3v) is 2.77. The molecule has 6 nitrogen and oxygen atoms in total. The Labute approximate surface area is 107 Å². The van der Waals surface area contributed by atoms with Crippen LogP contribution in [0.2, 0.25) is 0 Å². The van der Waals surface area contributed by atoms with Gasteiger partial charge in [0.15, 0.2) is 6.29 Å². The van der Waals surface area contributed by atoms with Crippen molar-refractivity contribution in [2.45, 2.75) is 51.5 Å². The topological polar surface area (TPSA) is 88.4 Å². The maximum Gasteiger partial charge on any atom is 0.186 e. The Morgan fingerprint density at radius 3 is 2.33 bits per heavy atom. The van der Waals surface area contributed by atoms with Crippen molar-refractivity contribution >= 4 is 0 Å². The standard InChI is InChI=1S/C12H24O6/c1-7(2)6-16-4-5-17-12-11(15)10(14)9(13)8(3)18-12/h7-15H,4-6H2,1-3H3/t8?,9-,10?,11?,12-/m1/s1. The van der Waals surface area contributed by atoms with E-state index < -0.39 is 30.7 Å². The Kier molecular flexibility index (Phi) is 6.48. The summed E-state index contributed by atoms with van der Waals surface area (Å²) in [6, 6.07) is 0. The van der Waals surface area contributed by atoms with Gasteiger partial charge in [0.2, 0.25) is 0 Å². The average molecular weight is 264 g/mol. The molecule has 0 radical (unpaired) electrons. The van der Waals surface area contributed by atoms with E-state index in [0.717, 1.165) is 0 Å². The second-order valence-corrected chi connectivity index (χ2v) is 5.02. The van der Waals surface area contributed by atoms with Crippen LogP contribution in [0.5, 0.6) is 0 Å². The molecular formula is C12H24O6. The molecule has 3 unspecified atom stereocenters. The molecule has 6 heteroatoms. The van der Waals surface area contributed by atoms with Crippen LogP contribution >= 0.6 is 0 Å². The van der Waals surface area contributed by atoms with Gasteiger partial charge in [-0.2, -0.15) is 0 Å². The van der Waals surface area contributed by atoms with Gasteiger partial charge < -0.3 is 29.5 Å². The molecule has 0 saturated carbocycles. The van der Waals surface area contributed by atoms with E-state index in [1.165, 1.54) is 0 Å². The summed E-state index contributed by atoms with van der Waals surface area (Å²) in [5, 5.41) is 28.7. The van der Waals surface area contributed by atoms with E-state index in [9.17, 15) is 15.3 Å². The lowest BCUT2D eigenvalue weighted by Gasteiger charge is -2.38. The van der Waals surface area contributed by atoms with Crippen molar-refractivity contribution in [2.75, 3.05) is 19.8 Å². The maximum atomic E-state index is 9.67. The highest BCUT2D eigenvalue weighted by molar-refractivity contribution is 4.87. The third-order valence-electron chi connectivity index (χ3n) is 2.77. The van der Waals surface area contributed by atoms with Crippen LogP contribution in [0.4, 0.5) is 0 Å². The fourth-order valence-electron chi connectivity index (χ4n) is 1.69. The molecule has 0 aromatic carbocycles. The fraction of sp³-hybridized carbons (Fsp3) is 1.00. The van der Waals surface area contributed by atoms with Crippen LogP contribution < -0.4 is 0 Å². The van der Waals surface area contributed by atoms with Gasteiger partial charge in [-0.3, -0.25) is 0 Å². The minimum Gasteiger partial charge on any atom is -0.388 e. The largest absolute Gasteiger partial charge is 0.388 e. The summed E-state index contributed by atoms with van der Waals surface area (Å²) in [7, 11) is 0. The molecule has 1 saturated heterocycles. The van der Waals surface area contributed by atoms with Gasteiger partial charge >= 0.3 is 0 Å². The molecule has 0 aliphatic carbocycles. The number of hydrogen-bond acceptors (Lipinski definition) is 6. The molecule has 0 spiro atoms. The molecule has 5 atom stereocenters. The molecule has 18 heavy (non-hydrogen) atoms. The predicted octanol–water partition coefficient (Wildman–Crippen LogP) is -0.497. The first kappa shape index (κ1) is 15.8. The first-order chi connectivity index (χ1) is 8.43. The highest BCUT2D eigenvalue weighted by Gasteiger charge is 2.42. The zero-order chi connectivity index (χ0) is 13.7. The van der Waals surface area contributed by atoms with Gasteiger partial charge in [-0.1, -0.05) is 13.8 Å². The number of aliphatic hydroxyl groups is 3. The maximum absolute atomic E-state index is 9.67. The van der Waals surface area contributed by atoms with Gasteiger partial charge in [-0.15, -0.1) is 0 Å². The van der Waals surface area contributed by atoms with Crippen LogP contribution in [-0.4, -0.2) is 65.8 Å². The van der Waals surface area contributed by atoms with Crippen molar-refractivity contribution in [3.8, 4) is 0 Å². The predicted molar refractivity (Wildman–Crippen MR) is 64.0 cm³/mol. The van der Waals surface area contributed by atoms with Gasteiger partial charge in [-0.25, -0.2) is 0 Å². The zero-order valence-electron chi connectivity index (χ0n) is 11.2. The van der Waals surface area contributed by atoms with Crippen molar-refractivity contribution in [3.05, 3.63) is 0 Å². The van der Waals surface area contributed by atoms with E-state index in [1.54, 1.807) is 6.92 Å². The van der Waals surface area contributed by atoms with Crippen molar-refractivity contribution in [1.82, 2.24) is 0 Å². The third kappa shape index (κ3) is 4.46. The minimum atomic E-state index is -1.25. The molecule has 0 bridgehead atoms. The summed E-state index contributed by atoms with van der Waals surface area (Å²) in [5.41, 5.74) is 0. The van der Waals surface area contributed by atoms with Crippen LogP contribution in [0, 0.1) is 5.92 Å². The Balaban J connectivity index is 2.25. The van der Waals surface area contributed by atoms with Crippen molar-refractivity contribution in [2.24, 2.45) is 5.92 Å². The van der Waals surface area contributed by atoms with Crippen molar-refractivity contribution < 1.29 is 29.5 Å². The SMILES string of the molecule is CC(C)COCCO[C@@H]1OC(C)[C@@H](O)C(O)C1O. The summed E-state index contributed by atoms with van der Waals surface area (Å²) in [6.07, 6.45) is -5.11. The van der Waals surface area contributed by atoms with E-state index >= 15 is 0 Å². The first-order valence-corrected chi connectivity index (χ1v) is 6.32. The Hall–Kier alpha value is -0.240. The Morgan fingerprint density at radius 1 is 1.06 bits per heavy atom. The van der Waals surface area contributed by atoms with E-state index in [1.807, 2.05) is 13.8 Å². The zero-order valence-corrected chi connectivity index (χ0v) is 11.2. The lowest BCUT2D eigenvalue weighted by molar-refractivity contribution is -0.294.